The molecule has 4 nitrogen and oxygen atoms in total. The Hall–Kier alpha value is -1.75. The fraction of sp³-hybridized carbons (Fsp3) is 0.273. The summed E-state index contributed by atoms with van der Waals surface area (Å²) in [6.45, 7) is 2.38. The van der Waals surface area contributed by atoms with Crippen LogP contribution in [-0.2, 0) is 6.54 Å². The van der Waals surface area contributed by atoms with Gasteiger partial charge in [-0.15, -0.1) is 0 Å². The fourth-order valence-electron chi connectivity index (χ4n) is 1.49. The van der Waals surface area contributed by atoms with Gasteiger partial charge in [0.25, 0.3) is 0 Å². The highest BCUT2D eigenvalue weighted by molar-refractivity contribution is 5.30. The van der Waals surface area contributed by atoms with Gasteiger partial charge in [0.1, 0.15) is 0 Å². The average molecular weight is 220 g/mol. The molecule has 0 fully saturated rings. The van der Waals surface area contributed by atoms with E-state index >= 15 is 0 Å². The van der Waals surface area contributed by atoms with Gasteiger partial charge < -0.3 is 5.32 Å². The van der Waals surface area contributed by atoms with E-state index in [9.17, 15) is 4.39 Å². The quantitative estimate of drug-likeness (QED) is 0.851. The van der Waals surface area contributed by atoms with Crippen molar-refractivity contribution >= 4 is 0 Å². The highest BCUT2D eigenvalue weighted by Crippen LogP contribution is 2.14. The van der Waals surface area contributed by atoms with E-state index in [1.165, 1.54) is 4.68 Å². The third-order valence-electron chi connectivity index (χ3n) is 2.25. The van der Waals surface area contributed by atoms with Crippen LogP contribution >= 0.6 is 0 Å². The van der Waals surface area contributed by atoms with Gasteiger partial charge in [-0.05, 0) is 25.6 Å². The van der Waals surface area contributed by atoms with Gasteiger partial charge in [0, 0.05) is 24.5 Å². The van der Waals surface area contributed by atoms with Crippen LogP contribution in [0, 0.1) is 12.7 Å². The Kier molecular flexibility index (Phi) is 2.96. The van der Waals surface area contributed by atoms with Gasteiger partial charge in [0.05, 0.1) is 6.20 Å². The molecule has 1 N–H and O–H groups in total. The molecule has 0 spiro atoms. The first kappa shape index (κ1) is 10.8. The maximum atomic E-state index is 14.0. The molecule has 0 bridgehead atoms. The Morgan fingerprint density at radius 2 is 2.31 bits per heavy atom. The van der Waals surface area contributed by atoms with Crippen molar-refractivity contribution in [3.63, 3.8) is 0 Å². The van der Waals surface area contributed by atoms with Gasteiger partial charge in [-0.1, -0.05) is 0 Å². The molecule has 0 saturated heterocycles. The number of halogens is 1. The first-order chi connectivity index (χ1) is 7.72. The molecule has 0 atom stereocenters. The van der Waals surface area contributed by atoms with Crippen LogP contribution in [0.4, 0.5) is 4.39 Å². The molecule has 16 heavy (non-hydrogen) atoms. The smallest absolute Gasteiger partial charge is 0.190 e. The molecular formula is C11H13FN4. The van der Waals surface area contributed by atoms with Crippen LogP contribution in [0.15, 0.2) is 24.7 Å². The molecule has 0 aliphatic heterocycles. The van der Waals surface area contributed by atoms with Gasteiger partial charge >= 0.3 is 0 Å². The summed E-state index contributed by atoms with van der Waals surface area (Å²) in [4.78, 5) is 4.00. The molecule has 0 aromatic carbocycles. The van der Waals surface area contributed by atoms with Crippen molar-refractivity contribution in [1.82, 2.24) is 20.1 Å². The van der Waals surface area contributed by atoms with E-state index in [1.807, 2.05) is 6.92 Å². The van der Waals surface area contributed by atoms with Crippen LogP contribution in [-0.4, -0.2) is 21.8 Å². The number of pyridine rings is 1. The first-order valence-corrected chi connectivity index (χ1v) is 5.02. The zero-order valence-electron chi connectivity index (χ0n) is 9.24. The predicted octanol–water partition coefficient (Wildman–Crippen LogP) is 1.43. The normalized spacial score (nSPS) is 10.7. The number of aryl methyl sites for hydroxylation is 1. The summed E-state index contributed by atoms with van der Waals surface area (Å²) in [5, 5.41) is 6.95. The molecular weight excluding hydrogens is 207 g/mol. The van der Waals surface area contributed by atoms with E-state index in [4.69, 9.17) is 0 Å². The molecule has 0 aliphatic carbocycles. The van der Waals surface area contributed by atoms with Crippen molar-refractivity contribution in [2.45, 2.75) is 13.5 Å². The van der Waals surface area contributed by atoms with E-state index in [0.717, 1.165) is 5.56 Å². The lowest BCUT2D eigenvalue weighted by Gasteiger charge is -2.06. The molecule has 2 aromatic rings. The van der Waals surface area contributed by atoms with Crippen LogP contribution in [0.25, 0.3) is 5.82 Å². The van der Waals surface area contributed by atoms with Gasteiger partial charge in [-0.3, -0.25) is 0 Å². The summed E-state index contributed by atoms with van der Waals surface area (Å²) in [6, 6.07) is 1.66. The van der Waals surface area contributed by atoms with E-state index in [2.05, 4.69) is 15.4 Å². The lowest BCUT2D eigenvalue weighted by atomic mass is 10.2. The Balaban J connectivity index is 2.45. The molecule has 0 amide bonds. The Morgan fingerprint density at radius 3 is 2.94 bits per heavy atom. The predicted molar refractivity (Wildman–Crippen MR) is 58.8 cm³/mol. The molecule has 0 saturated carbocycles. The lowest BCUT2D eigenvalue weighted by Crippen LogP contribution is -2.10. The van der Waals surface area contributed by atoms with Gasteiger partial charge in [0.2, 0.25) is 0 Å². The average Bonchev–Trinajstić information content (AvgIpc) is 2.68. The summed E-state index contributed by atoms with van der Waals surface area (Å²) in [6.07, 6.45) is 5.00. The van der Waals surface area contributed by atoms with Crippen molar-refractivity contribution in [2.24, 2.45) is 0 Å². The number of hydrogen-bond acceptors (Lipinski definition) is 3. The van der Waals surface area contributed by atoms with E-state index in [-0.39, 0.29) is 11.6 Å². The molecule has 2 rings (SSSR count). The minimum atomic E-state index is -0.333. The Bertz CT molecular complexity index is 492. The minimum absolute atomic E-state index is 0.237. The molecule has 5 heteroatoms. The standard InChI is InChI=1S/C11H13FN4/c1-8-5-15-16(7-8)11-10(12)9(6-13-2)3-4-14-11/h3-5,7,13H,6H2,1-2H3. The zero-order valence-corrected chi connectivity index (χ0v) is 9.24. The second kappa shape index (κ2) is 4.40. The molecule has 2 heterocycles. The summed E-state index contributed by atoms with van der Waals surface area (Å²) in [5.74, 6) is -0.0965. The fourth-order valence-corrected chi connectivity index (χ4v) is 1.49. The summed E-state index contributed by atoms with van der Waals surface area (Å²) < 4.78 is 15.4. The first-order valence-electron chi connectivity index (χ1n) is 5.02. The van der Waals surface area contributed by atoms with Crippen LogP contribution < -0.4 is 5.32 Å². The van der Waals surface area contributed by atoms with Gasteiger partial charge in [0.15, 0.2) is 11.6 Å². The van der Waals surface area contributed by atoms with Crippen molar-refractivity contribution in [2.75, 3.05) is 7.05 Å². The van der Waals surface area contributed by atoms with Crippen LogP contribution in [0.5, 0.6) is 0 Å². The minimum Gasteiger partial charge on any atom is -0.316 e. The molecule has 2 aromatic heterocycles. The van der Waals surface area contributed by atoms with Crippen LogP contribution in [0.1, 0.15) is 11.1 Å². The second-order valence-corrected chi connectivity index (χ2v) is 3.60. The number of hydrogen-bond donors (Lipinski definition) is 1. The molecule has 0 unspecified atom stereocenters. The van der Waals surface area contributed by atoms with Crippen molar-refractivity contribution in [3.8, 4) is 5.82 Å². The topological polar surface area (TPSA) is 42.7 Å². The number of nitrogens with zero attached hydrogens (tertiary/aromatic N) is 3. The summed E-state index contributed by atoms with van der Waals surface area (Å²) in [7, 11) is 1.78. The van der Waals surface area contributed by atoms with Crippen molar-refractivity contribution < 1.29 is 4.39 Å². The number of nitrogens with one attached hydrogen (secondary N) is 1. The lowest BCUT2D eigenvalue weighted by molar-refractivity contribution is 0.577. The van der Waals surface area contributed by atoms with E-state index < -0.39 is 0 Å². The summed E-state index contributed by atoms with van der Waals surface area (Å²) in [5.41, 5.74) is 1.56. The maximum Gasteiger partial charge on any atom is 0.190 e. The molecule has 0 radical (unpaired) electrons. The van der Waals surface area contributed by atoms with E-state index in [1.54, 1.807) is 31.7 Å². The Morgan fingerprint density at radius 1 is 1.50 bits per heavy atom. The zero-order chi connectivity index (χ0) is 11.5. The highest BCUT2D eigenvalue weighted by atomic mass is 19.1. The largest absolute Gasteiger partial charge is 0.316 e. The van der Waals surface area contributed by atoms with E-state index in [0.29, 0.717) is 12.1 Å². The highest BCUT2D eigenvalue weighted by Gasteiger charge is 2.11. The number of aromatic nitrogens is 3. The van der Waals surface area contributed by atoms with Gasteiger partial charge in [-0.2, -0.15) is 5.10 Å². The monoisotopic (exact) mass is 220 g/mol. The van der Waals surface area contributed by atoms with Crippen LogP contribution in [0.2, 0.25) is 0 Å². The van der Waals surface area contributed by atoms with Crippen LogP contribution in [0.3, 0.4) is 0 Å². The second-order valence-electron chi connectivity index (χ2n) is 3.60. The maximum absolute atomic E-state index is 14.0. The number of rotatable bonds is 3. The third-order valence-corrected chi connectivity index (χ3v) is 2.25. The van der Waals surface area contributed by atoms with Gasteiger partial charge in [-0.25, -0.2) is 14.1 Å². The molecule has 84 valence electrons. The van der Waals surface area contributed by atoms with Crippen molar-refractivity contribution in [3.05, 3.63) is 41.6 Å². The molecule has 0 aliphatic rings. The summed E-state index contributed by atoms with van der Waals surface area (Å²) >= 11 is 0. The third kappa shape index (κ3) is 1.94. The SMILES string of the molecule is CNCc1ccnc(-n2cc(C)cn2)c1F. The Labute approximate surface area is 93.1 Å². The van der Waals surface area contributed by atoms with Crippen molar-refractivity contribution in [1.29, 1.82) is 0 Å².